The van der Waals surface area contributed by atoms with E-state index in [9.17, 15) is 19.8 Å². The minimum Gasteiger partial charge on any atom is -0.504 e. The molecule has 2 amide bonds. The Hall–Kier alpha value is -4.08. The van der Waals surface area contributed by atoms with Crippen LogP contribution < -0.4 is 20.3 Å². The first-order valence-corrected chi connectivity index (χ1v) is 10.3. The smallest absolute Gasteiger partial charge is 0.240 e. The van der Waals surface area contributed by atoms with Crippen molar-refractivity contribution in [2.75, 3.05) is 14.2 Å². The number of nitrogens with zero attached hydrogens (tertiary/aromatic N) is 2. The molecule has 0 bridgehead atoms. The molecule has 176 valence electrons. The molecule has 0 saturated heterocycles. The SMILES string of the molecule is COc1cccc(/C=N/NC(=O)CCCCCC(=O)N/N=C/c2cccc(OC)c2O)c1O. The van der Waals surface area contributed by atoms with E-state index in [1.165, 1.54) is 26.6 Å². The Balaban J connectivity index is 1.62. The van der Waals surface area contributed by atoms with Gasteiger partial charge in [0.1, 0.15) is 0 Å². The Labute approximate surface area is 191 Å². The van der Waals surface area contributed by atoms with Gasteiger partial charge in [0.05, 0.1) is 26.6 Å². The van der Waals surface area contributed by atoms with E-state index >= 15 is 0 Å². The summed E-state index contributed by atoms with van der Waals surface area (Å²) < 4.78 is 10.0. The lowest BCUT2D eigenvalue weighted by Crippen LogP contribution is -2.18. The first-order chi connectivity index (χ1) is 16.0. The van der Waals surface area contributed by atoms with Crippen LogP contribution in [-0.2, 0) is 9.59 Å². The van der Waals surface area contributed by atoms with Crippen molar-refractivity contribution in [2.24, 2.45) is 10.2 Å². The maximum atomic E-state index is 11.8. The fourth-order valence-corrected chi connectivity index (χ4v) is 2.82. The zero-order chi connectivity index (χ0) is 24.1. The van der Waals surface area contributed by atoms with Gasteiger partial charge in [-0.05, 0) is 37.1 Å². The minimum atomic E-state index is -0.263. The highest BCUT2D eigenvalue weighted by molar-refractivity contribution is 5.87. The summed E-state index contributed by atoms with van der Waals surface area (Å²) in [4.78, 5) is 23.7. The van der Waals surface area contributed by atoms with Gasteiger partial charge in [-0.1, -0.05) is 18.6 Å². The van der Waals surface area contributed by atoms with Crippen molar-refractivity contribution in [3.63, 3.8) is 0 Å². The monoisotopic (exact) mass is 456 g/mol. The average molecular weight is 456 g/mol. The summed E-state index contributed by atoms with van der Waals surface area (Å²) in [6.07, 6.45) is 5.08. The first-order valence-electron chi connectivity index (χ1n) is 10.3. The molecule has 0 aliphatic rings. The molecule has 33 heavy (non-hydrogen) atoms. The summed E-state index contributed by atoms with van der Waals surface area (Å²) in [7, 11) is 2.89. The van der Waals surface area contributed by atoms with Crippen molar-refractivity contribution in [3.05, 3.63) is 47.5 Å². The molecule has 0 fully saturated rings. The molecular formula is C23H28N4O6. The number of carbonyl (C=O) groups excluding carboxylic acids is 2. The van der Waals surface area contributed by atoms with E-state index in [4.69, 9.17) is 9.47 Å². The van der Waals surface area contributed by atoms with Crippen LogP contribution in [0.25, 0.3) is 0 Å². The summed E-state index contributed by atoms with van der Waals surface area (Å²) in [5.41, 5.74) is 5.65. The van der Waals surface area contributed by atoms with Crippen LogP contribution in [0, 0.1) is 0 Å². The van der Waals surface area contributed by atoms with Crippen molar-refractivity contribution in [3.8, 4) is 23.0 Å². The number of benzene rings is 2. The lowest BCUT2D eigenvalue weighted by molar-refractivity contribution is -0.121. The Morgan fingerprint density at radius 1 is 0.788 bits per heavy atom. The molecule has 0 spiro atoms. The van der Waals surface area contributed by atoms with Gasteiger partial charge < -0.3 is 19.7 Å². The number of ether oxygens (including phenoxy) is 2. The number of methoxy groups -OCH3 is 2. The Morgan fingerprint density at radius 3 is 1.61 bits per heavy atom. The predicted molar refractivity (Wildman–Crippen MR) is 124 cm³/mol. The number of amides is 2. The number of rotatable bonds is 12. The van der Waals surface area contributed by atoms with Crippen molar-refractivity contribution < 1.29 is 29.3 Å². The van der Waals surface area contributed by atoms with E-state index in [0.717, 1.165) is 0 Å². The summed E-state index contributed by atoms with van der Waals surface area (Å²) in [6.45, 7) is 0. The maximum absolute atomic E-state index is 11.8. The third-order valence-corrected chi connectivity index (χ3v) is 4.59. The van der Waals surface area contributed by atoms with Gasteiger partial charge in [0.2, 0.25) is 11.8 Å². The second-order valence-corrected chi connectivity index (χ2v) is 6.94. The summed E-state index contributed by atoms with van der Waals surface area (Å²) in [5, 5.41) is 27.6. The topological polar surface area (TPSA) is 142 Å². The molecule has 0 aliphatic carbocycles. The summed E-state index contributed by atoms with van der Waals surface area (Å²) in [5.74, 6) is 0.000257. The number of aromatic hydroxyl groups is 2. The van der Waals surface area contributed by atoms with E-state index in [1.54, 1.807) is 36.4 Å². The van der Waals surface area contributed by atoms with Crippen LogP contribution >= 0.6 is 0 Å². The lowest BCUT2D eigenvalue weighted by atomic mass is 10.1. The van der Waals surface area contributed by atoms with E-state index in [0.29, 0.717) is 41.9 Å². The van der Waals surface area contributed by atoms with Crippen LogP contribution in [0.15, 0.2) is 46.6 Å². The number of nitrogens with one attached hydrogen (secondary N) is 2. The van der Waals surface area contributed by atoms with Crippen LogP contribution in [0.4, 0.5) is 0 Å². The minimum absolute atomic E-state index is 0.0547. The predicted octanol–water partition coefficient (Wildman–Crippen LogP) is 2.67. The zero-order valence-corrected chi connectivity index (χ0v) is 18.6. The van der Waals surface area contributed by atoms with E-state index < -0.39 is 0 Å². The van der Waals surface area contributed by atoms with Gasteiger partial charge in [-0.3, -0.25) is 9.59 Å². The summed E-state index contributed by atoms with van der Waals surface area (Å²) >= 11 is 0. The second-order valence-electron chi connectivity index (χ2n) is 6.94. The molecule has 10 nitrogen and oxygen atoms in total. The van der Waals surface area contributed by atoms with Crippen molar-refractivity contribution in [1.29, 1.82) is 0 Å². The molecule has 0 aromatic heterocycles. The standard InChI is InChI=1S/C23H28N4O6/c1-32-18-10-6-8-16(22(18)30)14-24-26-20(28)12-4-3-5-13-21(29)27-25-15-17-9-7-11-19(33-2)23(17)31/h6-11,14-15,30-31H,3-5,12-13H2,1-2H3,(H,26,28)(H,27,29)/b24-14+,25-15+. The number of phenols is 2. The highest BCUT2D eigenvalue weighted by Crippen LogP contribution is 2.28. The molecule has 0 aliphatic heterocycles. The maximum Gasteiger partial charge on any atom is 0.240 e. The number of hydrazone groups is 2. The molecular weight excluding hydrogens is 428 g/mol. The Morgan fingerprint density at radius 2 is 1.21 bits per heavy atom. The second kappa shape index (κ2) is 13.4. The molecule has 2 aromatic carbocycles. The fraction of sp³-hybridized carbons (Fsp3) is 0.304. The first kappa shape index (κ1) is 25.2. The highest BCUT2D eigenvalue weighted by atomic mass is 16.5. The van der Waals surface area contributed by atoms with E-state index in [1.807, 2.05) is 0 Å². The quantitative estimate of drug-likeness (QED) is 0.220. The van der Waals surface area contributed by atoms with Crippen molar-refractivity contribution >= 4 is 24.2 Å². The molecule has 10 heteroatoms. The number of unbranched alkanes of at least 4 members (excludes halogenated alkanes) is 2. The third kappa shape index (κ3) is 8.17. The van der Waals surface area contributed by atoms with E-state index in [-0.39, 0.29) is 36.2 Å². The zero-order valence-electron chi connectivity index (χ0n) is 18.6. The number of phenolic OH excluding ortho intramolecular Hbond substituents is 2. The van der Waals surface area contributed by atoms with Gasteiger partial charge in [-0.2, -0.15) is 10.2 Å². The van der Waals surface area contributed by atoms with Gasteiger partial charge >= 0.3 is 0 Å². The average Bonchev–Trinajstić information content (AvgIpc) is 2.81. The normalized spacial score (nSPS) is 11.0. The Kier molecular flexibility index (Phi) is 10.2. The van der Waals surface area contributed by atoms with Gasteiger partial charge in [-0.25, -0.2) is 10.9 Å². The van der Waals surface area contributed by atoms with Gasteiger partial charge in [-0.15, -0.1) is 0 Å². The van der Waals surface area contributed by atoms with E-state index in [2.05, 4.69) is 21.1 Å². The summed E-state index contributed by atoms with van der Waals surface area (Å²) in [6, 6.07) is 9.91. The number of carbonyl (C=O) groups is 2. The molecule has 2 aromatic rings. The highest BCUT2D eigenvalue weighted by Gasteiger charge is 2.07. The van der Waals surface area contributed by atoms with Crippen LogP contribution in [0.5, 0.6) is 23.0 Å². The van der Waals surface area contributed by atoms with Gasteiger partial charge in [0.15, 0.2) is 23.0 Å². The van der Waals surface area contributed by atoms with Crippen LogP contribution in [0.1, 0.15) is 43.2 Å². The molecule has 4 N–H and O–H groups in total. The molecule has 0 atom stereocenters. The van der Waals surface area contributed by atoms with Gasteiger partial charge in [0, 0.05) is 24.0 Å². The molecule has 0 radical (unpaired) electrons. The number of hydrogen-bond donors (Lipinski definition) is 4. The third-order valence-electron chi connectivity index (χ3n) is 4.59. The fourth-order valence-electron chi connectivity index (χ4n) is 2.82. The molecule has 0 heterocycles. The molecule has 2 rings (SSSR count). The lowest BCUT2D eigenvalue weighted by Gasteiger charge is -2.05. The van der Waals surface area contributed by atoms with Crippen LogP contribution in [-0.4, -0.2) is 48.7 Å². The molecule has 0 saturated carbocycles. The number of para-hydroxylation sites is 2. The molecule has 0 unspecified atom stereocenters. The van der Waals surface area contributed by atoms with Crippen LogP contribution in [0.2, 0.25) is 0 Å². The van der Waals surface area contributed by atoms with Gasteiger partial charge in [0.25, 0.3) is 0 Å². The van der Waals surface area contributed by atoms with Crippen molar-refractivity contribution in [1.82, 2.24) is 10.9 Å². The van der Waals surface area contributed by atoms with Crippen LogP contribution in [0.3, 0.4) is 0 Å². The van der Waals surface area contributed by atoms with Crippen molar-refractivity contribution in [2.45, 2.75) is 32.1 Å². The number of hydrogen-bond acceptors (Lipinski definition) is 8. The largest absolute Gasteiger partial charge is 0.504 e. The Bertz CT molecular complexity index is 927.